The van der Waals surface area contributed by atoms with E-state index in [4.69, 9.17) is 4.74 Å². The fourth-order valence-corrected chi connectivity index (χ4v) is 2.31. The predicted octanol–water partition coefficient (Wildman–Crippen LogP) is 1.46. The number of hydrogen-bond donors (Lipinski definition) is 2. The number of ether oxygens (including phenoxy) is 1. The SMILES string of the molecule is CN(C)c1ccccc1NC(=O)COC1CCNCC1. The van der Waals surface area contributed by atoms with Crippen molar-refractivity contribution in [2.45, 2.75) is 18.9 Å². The van der Waals surface area contributed by atoms with Crippen LogP contribution in [0, 0.1) is 0 Å². The quantitative estimate of drug-likeness (QED) is 0.855. The van der Waals surface area contributed by atoms with E-state index >= 15 is 0 Å². The summed E-state index contributed by atoms with van der Waals surface area (Å²) in [5.41, 5.74) is 1.80. The zero-order valence-corrected chi connectivity index (χ0v) is 12.2. The summed E-state index contributed by atoms with van der Waals surface area (Å²) in [4.78, 5) is 13.9. The van der Waals surface area contributed by atoms with Crippen LogP contribution in [0.5, 0.6) is 0 Å². The standard InChI is InChI=1S/C15H23N3O2/c1-18(2)14-6-4-3-5-13(14)17-15(19)11-20-12-7-9-16-10-8-12/h3-6,12,16H,7-11H2,1-2H3,(H,17,19). The topological polar surface area (TPSA) is 53.6 Å². The van der Waals surface area contributed by atoms with Crippen LogP contribution in [0.15, 0.2) is 24.3 Å². The van der Waals surface area contributed by atoms with E-state index in [1.54, 1.807) is 0 Å². The first kappa shape index (κ1) is 14.8. The molecule has 0 radical (unpaired) electrons. The van der Waals surface area contributed by atoms with Crippen molar-refractivity contribution in [1.82, 2.24) is 5.32 Å². The highest BCUT2D eigenvalue weighted by molar-refractivity contribution is 5.95. The fraction of sp³-hybridized carbons (Fsp3) is 0.533. The minimum absolute atomic E-state index is 0.0992. The Morgan fingerprint density at radius 2 is 2.05 bits per heavy atom. The van der Waals surface area contributed by atoms with E-state index in [2.05, 4.69) is 10.6 Å². The first-order chi connectivity index (χ1) is 9.66. The summed E-state index contributed by atoms with van der Waals surface area (Å²) < 4.78 is 5.65. The van der Waals surface area contributed by atoms with Crippen LogP contribution in [0.2, 0.25) is 0 Å². The fourth-order valence-electron chi connectivity index (χ4n) is 2.31. The smallest absolute Gasteiger partial charge is 0.250 e. The Kier molecular flexibility index (Phi) is 5.38. The van der Waals surface area contributed by atoms with Crippen molar-refractivity contribution in [3.05, 3.63) is 24.3 Å². The van der Waals surface area contributed by atoms with Crippen molar-refractivity contribution in [3.63, 3.8) is 0 Å². The van der Waals surface area contributed by atoms with Gasteiger partial charge in [0.25, 0.3) is 0 Å². The van der Waals surface area contributed by atoms with Gasteiger partial charge in [-0.2, -0.15) is 0 Å². The molecular formula is C15H23N3O2. The summed E-state index contributed by atoms with van der Waals surface area (Å²) in [6, 6.07) is 7.74. The van der Waals surface area contributed by atoms with Gasteiger partial charge < -0.3 is 20.3 Å². The number of piperidine rings is 1. The third kappa shape index (κ3) is 4.21. The molecule has 1 saturated heterocycles. The van der Waals surface area contributed by atoms with Crippen LogP contribution < -0.4 is 15.5 Å². The molecule has 20 heavy (non-hydrogen) atoms. The maximum absolute atomic E-state index is 12.0. The molecule has 1 aromatic rings. The molecule has 5 heteroatoms. The van der Waals surface area contributed by atoms with E-state index in [9.17, 15) is 4.79 Å². The van der Waals surface area contributed by atoms with E-state index in [1.807, 2.05) is 43.3 Å². The minimum Gasteiger partial charge on any atom is -0.376 e. The van der Waals surface area contributed by atoms with Gasteiger partial charge in [0.1, 0.15) is 6.61 Å². The monoisotopic (exact) mass is 277 g/mol. The molecule has 2 rings (SSSR count). The van der Waals surface area contributed by atoms with Crippen LogP contribution in [-0.2, 0) is 9.53 Å². The maximum atomic E-state index is 12.0. The number of nitrogens with one attached hydrogen (secondary N) is 2. The molecule has 0 bridgehead atoms. The van der Waals surface area contributed by atoms with E-state index in [-0.39, 0.29) is 18.6 Å². The Bertz CT molecular complexity index is 442. The van der Waals surface area contributed by atoms with Gasteiger partial charge in [-0.3, -0.25) is 4.79 Å². The summed E-state index contributed by atoms with van der Waals surface area (Å²) in [6.07, 6.45) is 2.15. The number of rotatable bonds is 5. The molecule has 0 atom stereocenters. The van der Waals surface area contributed by atoms with E-state index in [0.717, 1.165) is 37.3 Å². The first-order valence-electron chi connectivity index (χ1n) is 7.05. The van der Waals surface area contributed by atoms with Crippen molar-refractivity contribution in [2.24, 2.45) is 0 Å². The number of anilines is 2. The van der Waals surface area contributed by atoms with Gasteiger partial charge in [-0.1, -0.05) is 12.1 Å². The number of carbonyl (C=O) groups is 1. The van der Waals surface area contributed by atoms with Gasteiger partial charge in [-0.25, -0.2) is 0 Å². The second kappa shape index (κ2) is 7.26. The second-order valence-electron chi connectivity index (χ2n) is 5.22. The molecule has 0 unspecified atom stereocenters. The molecule has 1 aliphatic rings. The number of para-hydroxylation sites is 2. The van der Waals surface area contributed by atoms with Gasteiger partial charge >= 0.3 is 0 Å². The third-order valence-corrected chi connectivity index (χ3v) is 3.40. The number of carbonyl (C=O) groups excluding carboxylic acids is 1. The Morgan fingerprint density at radius 3 is 2.75 bits per heavy atom. The summed E-state index contributed by atoms with van der Waals surface area (Å²) in [6.45, 7) is 2.05. The van der Waals surface area contributed by atoms with Crippen LogP contribution in [0.3, 0.4) is 0 Å². The molecule has 1 heterocycles. The lowest BCUT2D eigenvalue weighted by molar-refractivity contribution is -0.123. The van der Waals surface area contributed by atoms with Gasteiger partial charge in [-0.15, -0.1) is 0 Å². The molecule has 0 saturated carbocycles. The zero-order chi connectivity index (χ0) is 14.4. The van der Waals surface area contributed by atoms with Crippen LogP contribution in [0.25, 0.3) is 0 Å². The molecule has 5 nitrogen and oxygen atoms in total. The zero-order valence-electron chi connectivity index (χ0n) is 12.2. The van der Waals surface area contributed by atoms with Crippen LogP contribution in [-0.4, -0.2) is 45.8 Å². The van der Waals surface area contributed by atoms with E-state index in [1.165, 1.54) is 0 Å². The lowest BCUT2D eigenvalue weighted by atomic mass is 10.1. The largest absolute Gasteiger partial charge is 0.376 e. The molecule has 1 fully saturated rings. The van der Waals surface area contributed by atoms with Crippen molar-refractivity contribution in [1.29, 1.82) is 0 Å². The highest BCUT2D eigenvalue weighted by Crippen LogP contribution is 2.23. The molecular weight excluding hydrogens is 254 g/mol. The van der Waals surface area contributed by atoms with Gasteiger partial charge in [0.15, 0.2) is 0 Å². The average molecular weight is 277 g/mol. The summed E-state index contributed by atoms with van der Waals surface area (Å²) in [7, 11) is 3.91. The lowest BCUT2D eigenvalue weighted by Gasteiger charge is -2.23. The Hall–Kier alpha value is -1.59. The van der Waals surface area contributed by atoms with Crippen molar-refractivity contribution >= 4 is 17.3 Å². The van der Waals surface area contributed by atoms with Gasteiger partial charge in [0, 0.05) is 14.1 Å². The maximum Gasteiger partial charge on any atom is 0.250 e. The van der Waals surface area contributed by atoms with E-state index in [0.29, 0.717) is 0 Å². The Labute approximate surface area is 120 Å². The van der Waals surface area contributed by atoms with Gasteiger partial charge in [-0.05, 0) is 38.1 Å². The third-order valence-electron chi connectivity index (χ3n) is 3.40. The minimum atomic E-state index is -0.0992. The molecule has 0 aromatic heterocycles. The molecule has 0 spiro atoms. The molecule has 1 amide bonds. The number of nitrogens with zero attached hydrogens (tertiary/aromatic N) is 1. The summed E-state index contributed by atoms with van der Waals surface area (Å²) >= 11 is 0. The van der Waals surface area contributed by atoms with Crippen LogP contribution >= 0.6 is 0 Å². The molecule has 1 aromatic carbocycles. The van der Waals surface area contributed by atoms with Crippen LogP contribution in [0.1, 0.15) is 12.8 Å². The highest BCUT2D eigenvalue weighted by Gasteiger charge is 2.15. The summed E-state index contributed by atoms with van der Waals surface area (Å²) in [5, 5.41) is 6.19. The first-order valence-corrected chi connectivity index (χ1v) is 7.05. The Balaban J connectivity index is 1.85. The molecule has 0 aliphatic carbocycles. The predicted molar refractivity (Wildman–Crippen MR) is 81.2 cm³/mol. The molecule has 1 aliphatic heterocycles. The molecule has 2 N–H and O–H groups in total. The van der Waals surface area contributed by atoms with E-state index < -0.39 is 0 Å². The summed E-state index contributed by atoms with van der Waals surface area (Å²) in [5.74, 6) is -0.0992. The normalized spacial score (nSPS) is 15.9. The van der Waals surface area contributed by atoms with Crippen LogP contribution in [0.4, 0.5) is 11.4 Å². The van der Waals surface area contributed by atoms with Crippen molar-refractivity contribution in [3.8, 4) is 0 Å². The second-order valence-corrected chi connectivity index (χ2v) is 5.22. The number of benzene rings is 1. The number of amides is 1. The van der Waals surface area contributed by atoms with Gasteiger partial charge in [0.05, 0.1) is 17.5 Å². The van der Waals surface area contributed by atoms with Crippen molar-refractivity contribution in [2.75, 3.05) is 44.0 Å². The molecule has 110 valence electrons. The number of hydrogen-bond acceptors (Lipinski definition) is 4. The van der Waals surface area contributed by atoms with Gasteiger partial charge in [0.2, 0.25) is 5.91 Å². The Morgan fingerprint density at radius 1 is 1.35 bits per heavy atom. The lowest BCUT2D eigenvalue weighted by Crippen LogP contribution is -2.34. The average Bonchev–Trinajstić information content (AvgIpc) is 2.46. The highest BCUT2D eigenvalue weighted by atomic mass is 16.5. The van der Waals surface area contributed by atoms with Crippen molar-refractivity contribution < 1.29 is 9.53 Å².